The molecule has 2 aromatic rings. The lowest BCUT2D eigenvalue weighted by atomic mass is 10.2. The van der Waals surface area contributed by atoms with E-state index in [2.05, 4.69) is 5.10 Å². The molecular weight excluding hydrogens is 188 g/mol. The smallest absolute Gasteiger partial charge is 0.0649 e. The second-order valence-electron chi connectivity index (χ2n) is 3.35. The number of hydrogen-bond acceptors (Lipinski definition) is 3. The van der Waals surface area contributed by atoms with Gasteiger partial charge >= 0.3 is 0 Å². The minimum atomic E-state index is -0.173. The molecule has 0 saturated heterocycles. The van der Waals surface area contributed by atoms with Crippen LogP contribution in [0, 0.1) is 0 Å². The molecule has 0 aliphatic rings. The predicted molar refractivity (Wildman–Crippen MR) is 59.5 cm³/mol. The topological polar surface area (TPSA) is 69.9 Å². The third-order valence-electron chi connectivity index (χ3n) is 2.31. The first kappa shape index (κ1) is 9.89. The number of hydrogen-bond donors (Lipinski definition) is 2. The minimum Gasteiger partial charge on any atom is -0.329 e. The van der Waals surface area contributed by atoms with E-state index in [-0.39, 0.29) is 6.04 Å². The lowest BCUT2D eigenvalue weighted by Crippen LogP contribution is -2.23. The molecule has 1 atom stereocenters. The number of rotatable bonds is 3. The summed E-state index contributed by atoms with van der Waals surface area (Å²) in [5.41, 5.74) is 13.4. The second kappa shape index (κ2) is 4.25. The third-order valence-corrected chi connectivity index (χ3v) is 2.31. The van der Waals surface area contributed by atoms with Crippen molar-refractivity contribution in [2.75, 3.05) is 6.54 Å². The molecule has 4 nitrogen and oxygen atoms in total. The van der Waals surface area contributed by atoms with Crippen molar-refractivity contribution in [1.29, 1.82) is 0 Å². The molecule has 0 radical (unpaired) electrons. The molecule has 4 N–H and O–H groups in total. The summed E-state index contributed by atoms with van der Waals surface area (Å²) in [5.74, 6) is 0. The summed E-state index contributed by atoms with van der Waals surface area (Å²) in [5, 5.41) is 4.24. The van der Waals surface area contributed by atoms with E-state index in [9.17, 15) is 0 Å². The van der Waals surface area contributed by atoms with Crippen molar-refractivity contribution in [1.82, 2.24) is 9.78 Å². The Kier molecular flexibility index (Phi) is 2.80. The Morgan fingerprint density at radius 2 is 1.93 bits per heavy atom. The van der Waals surface area contributed by atoms with Gasteiger partial charge < -0.3 is 11.5 Å². The van der Waals surface area contributed by atoms with Gasteiger partial charge in [-0.25, -0.2) is 4.68 Å². The largest absolute Gasteiger partial charge is 0.329 e. The number of para-hydroxylation sites is 1. The highest BCUT2D eigenvalue weighted by Gasteiger charge is 2.10. The highest BCUT2D eigenvalue weighted by molar-refractivity contribution is 5.33. The van der Waals surface area contributed by atoms with Crippen LogP contribution < -0.4 is 11.5 Å². The van der Waals surface area contributed by atoms with Crippen molar-refractivity contribution in [3.8, 4) is 5.69 Å². The van der Waals surface area contributed by atoms with E-state index >= 15 is 0 Å². The van der Waals surface area contributed by atoms with E-state index < -0.39 is 0 Å². The zero-order valence-corrected chi connectivity index (χ0v) is 8.38. The molecule has 15 heavy (non-hydrogen) atoms. The average molecular weight is 202 g/mol. The zero-order chi connectivity index (χ0) is 10.7. The molecule has 1 aromatic heterocycles. The first-order chi connectivity index (χ1) is 7.33. The molecule has 0 spiro atoms. The molecule has 2 rings (SSSR count). The Bertz CT molecular complexity index is 421. The molecule has 1 unspecified atom stereocenters. The number of benzene rings is 1. The fraction of sp³-hybridized carbons (Fsp3) is 0.182. The Morgan fingerprint density at radius 3 is 2.60 bits per heavy atom. The molecule has 0 aliphatic heterocycles. The fourth-order valence-corrected chi connectivity index (χ4v) is 1.50. The molecule has 0 amide bonds. The Labute approximate surface area is 88.5 Å². The van der Waals surface area contributed by atoms with Crippen molar-refractivity contribution >= 4 is 0 Å². The summed E-state index contributed by atoms with van der Waals surface area (Å²) in [6.45, 7) is 0.415. The van der Waals surface area contributed by atoms with E-state index in [1.165, 1.54) is 0 Å². The first-order valence-electron chi connectivity index (χ1n) is 4.88. The molecule has 4 heteroatoms. The van der Waals surface area contributed by atoms with E-state index in [0.29, 0.717) is 6.54 Å². The monoisotopic (exact) mass is 202 g/mol. The Hall–Kier alpha value is -1.65. The van der Waals surface area contributed by atoms with E-state index in [4.69, 9.17) is 11.5 Å². The quantitative estimate of drug-likeness (QED) is 0.774. The predicted octanol–water partition coefficient (Wildman–Crippen LogP) is 0.831. The van der Waals surface area contributed by atoms with Crippen LogP contribution in [0.5, 0.6) is 0 Å². The van der Waals surface area contributed by atoms with Crippen LogP contribution in [-0.2, 0) is 0 Å². The van der Waals surface area contributed by atoms with Gasteiger partial charge in [0.05, 0.1) is 17.4 Å². The molecule has 0 saturated carbocycles. The van der Waals surface area contributed by atoms with Gasteiger partial charge in [0.25, 0.3) is 0 Å². The average Bonchev–Trinajstić information content (AvgIpc) is 2.78. The standard InChI is InChI=1S/C11H14N4/c12-8-10(13)11-6-7-14-15(11)9-4-2-1-3-5-9/h1-7,10H,8,12-13H2. The van der Waals surface area contributed by atoms with Crippen LogP contribution in [-0.4, -0.2) is 16.3 Å². The van der Waals surface area contributed by atoms with Crippen molar-refractivity contribution < 1.29 is 0 Å². The third kappa shape index (κ3) is 1.91. The van der Waals surface area contributed by atoms with E-state index in [1.54, 1.807) is 6.20 Å². The van der Waals surface area contributed by atoms with Gasteiger partial charge in [-0.15, -0.1) is 0 Å². The van der Waals surface area contributed by atoms with E-state index in [1.807, 2.05) is 41.1 Å². The van der Waals surface area contributed by atoms with Crippen LogP contribution in [0.2, 0.25) is 0 Å². The maximum Gasteiger partial charge on any atom is 0.0649 e. The van der Waals surface area contributed by atoms with Crippen molar-refractivity contribution in [2.45, 2.75) is 6.04 Å². The lowest BCUT2D eigenvalue weighted by molar-refractivity contribution is 0.666. The molecule has 78 valence electrons. The van der Waals surface area contributed by atoms with Crippen molar-refractivity contribution in [3.05, 3.63) is 48.3 Å². The van der Waals surface area contributed by atoms with Crippen LogP contribution in [0.3, 0.4) is 0 Å². The number of aromatic nitrogens is 2. The van der Waals surface area contributed by atoms with Gasteiger partial charge in [-0.2, -0.15) is 5.10 Å². The molecular formula is C11H14N4. The molecule has 1 aromatic carbocycles. The van der Waals surface area contributed by atoms with Gasteiger partial charge in [-0.05, 0) is 18.2 Å². The van der Waals surface area contributed by atoms with Crippen molar-refractivity contribution in [2.24, 2.45) is 11.5 Å². The highest BCUT2D eigenvalue weighted by Crippen LogP contribution is 2.14. The zero-order valence-electron chi connectivity index (χ0n) is 8.38. The first-order valence-corrected chi connectivity index (χ1v) is 4.88. The lowest BCUT2D eigenvalue weighted by Gasteiger charge is -2.11. The van der Waals surface area contributed by atoms with Crippen LogP contribution in [0.4, 0.5) is 0 Å². The second-order valence-corrected chi connectivity index (χ2v) is 3.35. The van der Waals surface area contributed by atoms with Gasteiger partial charge in [-0.1, -0.05) is 18.2 Å². The molecule has 1 heterocycles. The summed E-state index contributed by atoms with van der Waals surface area (Å²) in [4.78, 5) is 0. The number of nitrogens with two attached hydrogens (primary N) is 2. The maximum absolute atomic E-state index is 5.89. The summed E-state index contributed by atoms with van der Waals surface area (Å²) in [6.07, 6.45) is 1.73. The fourth-order valence-electron chi connectivity index (χ4n) is 1.50. The van der Waals surface area contributed by atoms with Crippen LogP contribution in [0.1, 0.15) is 11.7 Å². The van der Waals surface area contributed by atoms with Gasteiger partial charge in [0.2, 0.25) is 0 Å². The number of nitrogens with zero attached hydrogens (tertiary/aromatic N) is 2. The summed E-state index contributed by atoms with van der Waals surface area (Å²) in [7, 11) is 0. The minimum absolute atomic E-state index is 0.173. The van der Waals surface area contributed by atoms with Gasteiger partial charge in [-0.3, -0.25) is 0 Å². The Balaban J connectivity index is 2.41. The van der Waals surface area contributed by atoms with E-state index in [0.717, 1.165) is 11.4 Å². The molecule has 0 bridgehead atoms. The Morgan fingerprint density at radius 1 is 1.20 bits per heavy atom. The van der Waals surface area contributed by atoms with Crippen LogP contribution in [0.25, 0.3) is 5.69 Å². The molecule has 0 fully saturated rings. The van der Waals surface area contributed by atoms with Crippen LogP contribution >= 0.6 is 0 Å². The summed E-state index contributed by atoms with van der Waals surface area (Å²) < 4.78 is 1.82. The molecule has 0 aliphatic carbocycles. The summed E-state index contributed by atoms with van der Waals surface area (Å²) >= 11 is 0. The van der Waals surface area contributed by atoms with Gasteiger partial charge in [0.15, 0.2) is 0 Å². The highest BCUT2D eigenvalue weighted by atomic mass is 15.3. The maximum atomic E-state index is 5.89. The van der Waals surface area contributed by atoms with Crippen molar-refractivity contribution in [3.63, 3.8) is 0 Å². The van der Waals surface area contributed by atoms with Gasteiger partial charge in [0, 0.05) is 12.7 Å². The van der Waals surface area contributed by atoms with Crippen LogP contribution in [0.15, 0.2) is 42.6 Å². The SMILES string of the molecule is NCC(N)c1ccnn1-c1ccccc1. The van der Waals surface area contributed by atoms with Gasteiger partial charge in [0.1, 0.15) is 0 Å². The normalized spacial score (nSPS) is 12.7. The summed E-state index contributed by atoms with van der Waals surface area (Å²) in [6, 6.07) is 11.6.